The highest BCUT2D eigenvalue weighted by Crippen LogP contribution is 2.30. The van der Waals surface area contributed by atoms with Gasteiger partial charge in [-0.2, -0.15) is 0 Å². The third-order valence-electron chi connectivity index (χ3n) is 3.37. The van der Waals surface area contributed by atoms with Crippen molar-refractivity contribution in [3.05, 3.63) is 21.8 Å². The molecule has 1 aliphatic heterocycles. The molecule has 1 aromatic heterocycles. The van der Waals surface area contributed by atoms with Crippen molar-refractivity contribution in [1.29, 1.82) is 0 Å². The van der Waals surface area contributed by atoms with Crippen molar-refractivity contribution in [1.82, 2.24) is 4.98 Å². The van der Waals surface area contributed by atoms with Gasteiger partial charge in [-0.1, -0.05) is 11.6 Å². The fraction of sp³-hybridized carbons (Fsp3) is 0.583. The molecule has 1 unspecified atom stereocenters. The summed E-state index contributed by atoms with van der Waals surface area (Å²) in [4.78, 5) is 6.68. The van der Waals surface area contributed by atoms with E-state index in [1.165, 1.54) is 0 Å². The Morgan fingerprint density at radius 3 is 2.71 bits per heavy atom. The number of halogens is 2. The van der Waals surface area contributed by atoms with Gasteiger partial charge in [-0.05, 0) is 47.7 Å². The van der Waals surface area contributed by atoms with Crippen LogP contribution in [0.3, 0.4) is 0 Å². The van der Waals surface area contributed by atoms with Crippen molar-refractivity contribution in [2.75, 3.05) is 18.0 Å². The highest BCUT2D eigenvalue weighted by molar-refractivity contribution is 9.10. The Kier molecular flexibility index (Phi) is 4.28. The van der Waals surface area contributed by atoms with Gasteiger partial charge in [-0.3, -0.25) is 0 Å². The summed E-state index contributed by atoms with van der Waals surface area (Å²) in [6.07, 6.45) is 3.96. The highest BCUT2D eigenvalue weighted by Gasteiger charge is 2.23. The topological polar surface area (TPSA) is 42.1 Å². The lowest BCUT2D eigenvalue weighted by Crippen LogP contribution is -2.40. The van der Waals surface area contributed by atoms with Crippen LogP contribution in [0.2, 0.25) is 5.02 Å². The molecular formula is C12H17BrClN3. The van der Waals surface area contributed by atoms with Crippen LogP contribution in [0.4, 0.5) is 5.82 Å². The second kappa shape index (κ2) is 5.55. The molecule has 1 aromatic rings. The number of hydrogen-bond acceptors (Lipinski definition) is 3. The van der Waals surface area contributed by atoms with Gasteiger partial charge in [0.1, 0.15) is 5.82 Å². The van der Waals surface area contributed by atoms with Crippen LogP contribution in [0.1, 0.15) is 19.8 Å². The number of aromatic nitrogens is 1. The second-order valence-electron chi connectivity index (χ2n) is 4.64. The van der Waals surface area contributed by atoms with Gasteiger partial charge in [0.05, 0.1) is 9.50 Å². The first-order valence-corrected chi connectivity index (χ1v) is 7.06. The van der Waals surface area contributed by atoms with Crippen LogP contribution in [0.25, 0.3) is 0 Å². The Hall–Kier alpha value is -0.320. The molecule has 2 N–H and O–H groups in total. The lowest BCUT2D eigenvalue weighted by Gasteiger charge is -2.34. The maximum Gasteiger partial charge on any atom is 0.142 e. The van der Waals surface area contributed by atoms with E-state index in [2.05, 4.69) is 32.7 Å². The first-order valence-electron chi connectivity index (χ1n) is 5.89. The maximum atomic E-state index is 5.94. The van der Waals surface area contributed by atoms with Gasteiger partial charge in [-0.25, -0.2) is 4.98 Å². The lowest BCUT2D eigenvalue weighted by molar-refractivity contribution is 0.353. The molecule has 1 saturated heterocycles. The maximum absolute atomic E-state index is 5.94. The molecule has 5 heteroatoms. The molecule has 2 rings (SSSR count). The summed E-state index contributed by atoms with van der Waals surface area (Å²) in [5.74, 6) is 1.62. The molecule has 0 amide bonds. The molecule has 2 heterocycles. The van der Waals surface area contributed by atoms with Crippen molar-refractivity contribution in [3.63, 3.8) is 0 Å². The monoisotopic (exact) mass is 317 g/mol. The summed E-state index contributed by atoms with van der Waals surface area (Å²) in [6.45, 7) is 4.12. The largest absolute Gasteiger partial charge is 0.356 e. The third-order valence-corrected chi connectivity index (χ3v) is 4.16. The number of anilines is 1. The average molecular weight is 319 g/mol. The zero-order chi connectivity index (χ0) is 12.4. The van der Waals surface area contributed by atoms with Crippen molar-refractivity contribution in [2.45, 2.75) is 25.8 Å². The van der Waals surface area contributed by atoms with E-state index < -0.39 is 0 Å². The van der Waals surface area contributed by atoms with Crippen molar-refractivity contribution in [3.8, 4) is 0 Å². The predicted molar refractivity (Wildman–Crippen MR) is 75.5 cm³/mol. The van der Waals surface area contributed by atoms with Crippen LogP contribution >= 0.6 is 27.5 Å². The van der Waals surface area contributed by atoms with Crippen LogP contribution in [-0.2, 0) is 0 Å². The van der Waals surface area contributed by atoms with E-state index in [-0.39, 0.29) is 0 Å². The lowest BCUT2D eigenvalue weighted by atomic mass is 9.91. The summed E-state index contributed by atoms with van der Waals surface area (Å²) < 4.78 is 0.962. The molecule has 94 valence electrons. The Morgan fingerprint density at radius 2 is 2.18 bits per heavy atom. The molecule has 0 bridgehead atoms. The Balaban J connectivity index is 2.05. The minimum atomic E-state index is 0.291. The van der Waals surface area contributed by atoms with Crippen molar-refractivity contribution < 1.29 is 0 Å². The number of piperidine rings is 1. The standard InChI is InChI=1S/C12H17BrClN3/c1-8(15)9-2-4-17(5-3-9)12-11(13)6-10(14)7-16-12/h6-9H,2-5,15H2,1H3. The molecule has 1 fully saturated rings. The first kappa shape index (κ1) is 13.1. The number of rotatable bonds is 2. The molecule has 17 heavy (non-hydrogen) atoms. The SMILES string of the molecule is CC(N)C1CCN(c2ncc(Cl)cc2Br)CC1. The number of hydrogen-bond donors (Lipinski definition) is 1. The molecule has 1 atom stereocenters. The summed E-state index contributed by atoms with van der Waals surface area (Å²) in [7, 11) is 0. The first-order chi connectivity index (χ1) is 8.08. The number of nitrogens with two attached hydrogens (primary N) is 1. The van der Waals surface area contributed by atoms with E-state index in [9.17, 15) is 0 Å². The Bertz CT molecular complexity index is 389. The normalized spacial score (nSPS) is 19.4. The van der Waals surface area contributed by atoms with E-state index in [1.54, 1.807) is 6.20 Å². The van der Waals surface area contributed by atoms with Crippen LogP contribution < -0.4 is 10.6 Å². The zero-order valence-electron chi connectivity index (χ0n) is 9.87. The van der Waals surface area contributed by atoms with Gasteiger partial charge in [0, 0.05) is 25.3 Å². The minimum Gasteiger partial charge on any atom is -0.356 e. The smallest absolute Gasteiger partial charge is 0.142 e. The minimum absolute atomic E-state index is 0.291. The molecule has 0 aliphatic carbocycles. The molecule has 1 aliphatic rings. The summed E-state index contributed by atoms with van der Waals surface area (Å²) >= 11 is 9.41. The van der Waals surface area contributed by atoms with Gasteiger partial charge in [0.2, 0.25) is 0 Å². The molecule has 0 aromatic carbocycles. The van der Waals surface area contributed by atoms with E-state index >= 15 is 0 Å². The van der Waals surface area contributed by atoms with Gasteiger partial charge < -0.3 is 10.6 Å². The van der Waals surface area contributed by atoms with Gasteiger partial charge in [0.15, 0.2) is 0 Å². The predicted octanol–water partition coefficient (Wildman–Crippen LogP) is 3.06. The number of pyridine rings is 1. The molecule has 3 nitrogen and oxygen atoms in total. The third kappa shape index (κ3) is 3.12. The summed E-state index contributed by atoms with van der Waals surface area (Å²) in [6, 6.07) is 2.18. The van der Waals surface area contributed by atoms with Crippen LogP contribution in [0.5, 0.6) is 0 Å². The van der Waals surface area contributed by atoms with Crippen molar-refractivity contribution in [2.24, 2.45) is 11.7 Å². The fourth-order valence-corrected chi connectivity index (χ4v) is 3.17. The second-order valence-corrected chi connectivity index (χ2v) is 5.93. The van der Waals surface area contributed by atoms with Crippen LogP contribution in [0, 0.1) is 5.92 Å². The van der Waals surface area contributed by atoms with Gasteiger partial charge in [-0.15, -0.1) is 0 Å². The summed E-state index contributed by atoms with van der Waals surface area (Å²) in [5.41, 5.74) is 5.94. The molecule has 0 saturated carbocycles. The molecule has 0 spiro atoms. The Morgan fingerprint density at radius 1 is 1.53 bits per heavy atom. The van der Waals surface area contributed by atoms with E-state index in [4.69, 9.17) is 17.3 Å². The molecular weight excluding hydrogens is 302 g/mol. The quantitative estimate of drug-likeness (QED) is 0.911. The van der Waals surface area contributed by atoms with E-state index in [1.807, 2.05) is 6.07 Å². The van der Waals surface area contributed by atoms with Crippen LogP contribution in [-0.4, -0.2) is 24.1 Å². The summed E-state index contributed by atoms with van der Waals surface area (Å²) in [5, 5.41) is 0.658. The fourth-order valence-electron chi connectivity index (χ4n) is 2.28. The highest BCUT2D eigenvalue weighted by atomic mass is 79.9. The van der Waals surface area contributed by atoms with Gasteiger partial charge >= 0.3 is 0 Å². The van der Waals surface area contributed by atoms with Crippen molar-refractivity contribution >= 4 is 33.3 Å². The Labute approximate surface area is 115 Å². The molecule has 0 radical (unpaired) electrons. The van der Waals surface area contributed by atoms with E-state index in [0.29, 0.717) is 17.0 Å². The van der Waals surface area contributed by atoms with Crippen LogP contribution in [0.15, 0.2) is 16.7 Å². The average Bonchev–Trinajstić information content (AvgIpc) is 2.29. The zero-order valence-corrected chi connectivity index (χ0v) is 12.2. The van der Waals surface area contributed by atoms with E-state index in [0.717, 1.165) is 36.2 Å². The van der Waals surface area contributed by atoms with Gasteiger partial charge in [0.25, 0.3) is 0 Å². The number of nitrogens with zero attached hydrogens (tertiary/aromatic N) is 2.